The van der Waals surface area contributed by atoms with Crippen LogP contribution in [0.15, 0.2) is 24.5 Å². The number of carboxylic acid groups (broad SMARTS) is 1. The van der Waals surface area contributed by atoms with E-state index in [1.54, 1.807) is 24.5 Å². The third-order valence-corrected chi connectivity index (χ3v) is 1.13. The summed E-state index contributed by atoms with van der Waals surface area (Å²) in [5, 5.41) is 8.27. The minimum absolute atomic E-state index is 0.130. The molecule has 60 valence electrons. The lowest BCUT2D eigenvalue weighted by atomic mass is 10.3. The van der Waals surface area contributed by atoms with Gasteiger partial charge in [-0.15, -0.1) is 0 Å². The molecule has 0 aliphatic carbocycles. The molecule has 12 heavy (non-hydrogen) atoms. The Bertz CT molecular complexity index is 321. The Kier molecular flexibility index (Phi) is 2.86. The summed E-state index contributed by atoms with van der Waals surface area (Å²) in [6, 6.07) is 3.53. The normalized spacial score (nSPS) is 8.33. The first-order chi connectivity index (χ1) is 5.79. The standard InChI is InChI=1S/C9H7NO2/c11-9(12)5-1-3-8-4-2-6-10-7-8/h2,4,6-7H,5H2,(H,11,12). The number of hydrogen-bond donors (Lipinski definition) is 1. The Hall–Kier alpha value is -1.82. The molecule has 0 radical (unpaired) electrons. The third-order valence-electron chi connectivity index (χ3n) is 1.13. The average Bonchev–Trinajstić information content (AvgIpc) is 2.05. The van der Waals surface area contributed by atoms with Crippen molar-refractivity contribution < 1.29 is 9.90 Å². The average molecular weight is 161 g/mol. The summed E-state index contributed by atoms with van der Waals surface area (Å²) in [4.78, 5) is 13.9. The van der Waals surface area contributed by atoms with Gasteiger partial charge < -0.3 is 5.11 Å². The lowest BCUT2D eigenvalue weighted by molar-refractivity contribution is -0.135. The molecular formula is C9H7NO2. The lowest BCUT2D eigenvalue weighted by Gasteiger charge is -1.84. The number of hydrogen-bond acceptors (Lipinski definition) is 2. The van der Waals surface area contributed by atoms with E-state index in [9.17, 15) is 4.79 Å². The van der Waals surface area contributed by atoms with Crippen molar-refractivity contribution in [2.75, 3.05) is 0 Å². The van der Waals surface area contributed by atoms with E-state index in [0.717, 1.165) is 5.56 Å². The van der Waals surface area contributed by atoms with Gasteiger partial charge >= 0.3 is 5.97 Å². The van der Waals surface area contributed by atoms with Gasteiger partial charge in [-0.3, -0.25) is 9.78 Å². The lowest BCUT2D eigenvalue weighted by Crippen LogP contribution is -1.90. The Labute approximate surface area is 70.1 Å². The summed E-state index contributed by atoms with van der Waals surface area (Å²) in [6.07, 6.45) is 3.10. The van der Waals surface area contributed by atoms with Gasteiger partial charge in [0, 0.05) is 18.0 Å². The predicted molar refractivity (Wildman–Crippen MR) is 43.4 cm³/mol. The molecule has 1 rings (SSSR count). The SMILES string of the molecule is O=C(O)CC#Cc1cccnc1. The summed E-state index contributed by atoms with van der Waals surface area (Å²) in [7, 11) is 0. The largest absolute Gasteiger partial charge is 0.481 e. The van der Waals surface area contributed by atoms with E-state index < -0.39 is 5.97 Å². The topological polar surface area (TPSA) is 50.2 Å². The molecule has 3 nitrogen and oxygen atoms in total. The Morgan fingerprint density at radius 1 is 1.67 bits per heavy atom. The quantitative estimate of drug-likeness (QED) is 0.623. The van der Waals surface area contributed by atoms with Gasteiger partial charge in [-0.05, 0) is 12.1 Å². The first-order valence-corrected chi connectivity index (χ1v) is 3.40. The fourth-order valence-corrected chi connectivity index (χ4v) is 0.659. The Morgan fingerprint density at radius 2 is 2.50 bits per heavy atom. The summed E-state index contributed by atoms with van der Waals surface area (Å²) in [5.41, 5.74) is 0.735. The van der Waals surface area contributed by atoms with Crippen LogP contribution in [0.2, 0.25) is 0 Å². The summed E-state index contributed by atoms with van der Waals surface area (Å²) in [6.45, 7) is 0. The van der Waals surface area contributed by atoms with Crippen LogP contribution >= 0.6 is 0 Å². The van der Waals surface area contributed by atoms with E-state index in [0.29, 0.717) is 0 Å². The summed E-state index contributed by atoms with van der Waals surface area (Å²) in [5.74, 6) is 4.28. The van der Waals surface area contributed by atoms with Crippen LogP contribution in [0.5, 0.6) is 0 Å². The van der Waals surface area contributed by atoms with Gasteiger partial charge in [0.05, 0.1) is 0 Å². The van der Waals surface area contributed by atoms with Gasteiger partial charge in [-0.25, -0.2) is 0 Å². The number of aliphatic carboxylic acids is 1. The summed E-state index contributed by atoms with van der Waals surface area (Å²) < 4.78 is 0. The van der Waals surface area contributed by atoms with Crippen LogP contribution in [-0.2, 0) is 4.79 Å². The molecule has 0 aliphatic heterocycles. The van der Waals surface area contributed by atoms with Gasteiger partial charge in [0.1, 0.15) is 6.42 Å². The van der Waals surface area contributed by atoms with Crippen LogP contribution in [-0.4, -0.2) is 16.1 Å². The fraction of sp³-hybridized carbons (Fsp3) is 0.111. The van der Waals surface area contributed by atoms with Gasteiger partial charge in [0.25, 0.3) is 0 Å². The van der Waals surface area contributed by atoms with Crippen LogP contribution in [0.4, 0.5) is 0 Å². The molecular weight excluding hydrogens is 154 g/mol. The van der Waals surface area contributed by atoms with E-state index >= 15 is 0 Å². The zero-order valence-corrected chi connectivity index (χ0v) is 6.32. The molecule has 0 saturated carbocycles. The number of pyridine rings is 1. The number of aromatic nitrogens is 1. The third kappa shape index (κ3) is 2.84. The van der Waals surface area contributed by atoms with Crippen molar-refractivity contribution in [3.05, 3.63) is 30.1 Å². The van der Waals surface area contributed by atoms with Gasteiger partial charge in [-0.1, -0.05) is 11.8 Å². The molecule has 0 atom stereocenters. The molecule has 0 aromatic carbocycles. The van der Waals surface area contributed by atoms with Crippen molar-refractivity contribution in [2.24, 2.45) is 0 Å². The molecule has 0 saturated heterocycles. The minimum Gasteiger partial charge on any atom is -0.481 e. The predicted octanol–water partition coefficient (Wildman–Crippen LogP) is 0.908. The Morgan fingerprint density at radius 3 is 3.08 bits per heavy atom. The number of nitrogens with zero attached hydrogens (tertiary/aromatic N) is 1. The maximum absolute atomic E-state index is 10.1. The molecule has 0 fully saturated rings. The molecule has 1 N–H and O–H groups in total. The molecule has 1 aromatic heterocycles. The van der Waals surface area contributed by atoms with Gasteiger partial charge in [0.2, 0.25) is 0 Å². The van der Waals surface area contributed by atoms with E-state index in [2.05, 4.69) is 16.8 Å². The van der Waals surface area contributed by atoms with Crippen LogP contribution in [0, 0.1) is 11.8 Å². The van der Waals surface area contributed by atoms with Crippen LogP contribution in [0.3, 0.4) is 0 Å². The summed E-state index contributed by atoms with van der Waals surface area (Å²) >= 11 is 0. The zero-order chi connectivity index (χ0) is 8.81. The molecule has 0 amide bonds. The smallest absolute Gasteiger partial charge is 0.315 e. The first-order valence-electron chi connectivity index (χ1n) is 3.40. The van der Waals surface area contributed by atoms with Gasteiger partial charge in [-0.2, -0.15) is 0 Å². The van der Waals surface area contributed by atoms with Crippen molar-refractivity contribution >= 4 is 5.97 Å². The minimum atomic E-state index is -0.911. The number of rotatable bonds is 1. The molecule has 3 heteroatoms. The molecule has 0 aliphatic rings. The highest BCUT2D eigenvalue weighted by molar-refractivity contribution is 5.70. The van der Waals surface area contributed by atoms with Crippen molar-refractivity contribution in [3.63, 3.8) is 0 Å². The second-order valence-corrected chi connectivity index (χ2v) is 2.11. The second-order valence-electron chi connectivity index (χ2n) is 2.11. The van der Waals surface area contributed by atoms with Crippen LogP contribution in [0.25, 0.3) is 0 Å². The van der Waals surface area contributed by atoms with E-state index in [4.69, 9.17) is 5.11 Å². The maximum Gasteiger partial charge on any atom is 0.315 e. The molecule has 1 heterocycles. The van der Waals surface area contributed by atoms with Crippen molar-refractivity contribution in [1.29, 1.82) is 0 Å². The molecule has 0 unspecified atom stereocenters. The Balaban J connectivity index is 2.61. The van der Waals surface area contributed by atoms with E-state index in [-0.39, 0.29) is 6.42 Å². The van der Waals surface area contributed by atoms with Crippen molar-refractivity contribution in [1.82, 2.24) is 4.98 Å². The van der Waals surface area contributed by atoms with Crippen LogP contribution in [0.1, 0.15) is 12.0 Å². The van der Waals surface area contributed by atoms with Gasteiger partial charge in [0.15, 0.2) is 0 Å². The fourth-order valence-electron chi connectivity index (χ4n) is 0.659. The molecule has 1 aromatic rings. The maximum atomic E-state index is 10.1. The monoisotopic (exact) mass is 161 g/mol. The highest BCUT2D eigenvalue weighted by Gasteiger charge is 1.88. The molecule has 0 bridgehead atoms. The highest BCUT2D eigenvalue weighted by Crippen LogP contribution is 1.91. The number of carboxylic acids is 1. The van der Waals surface area contributed by atoms with Crippen LogP contribution < -0.4 is 0 Å². The van der Waals surface area contributed by atoms with E-state index in [1.165, 1.54) is 0 Å². The van der Waals surface area contributed by atoms with Crippen molar-refractivity contribution in [3.8, 4) is 11.8 Å². The highest BCUT2D eigenvalue weighted by atomic mass is 16.4. The number of carbonyl (C=O) groups is 1. The first kappa shape index (κ1) is 8.28. The van der Waals surface area contributed by atoms with Crippen molar-refractivity contribution in [2.45, 2.75) is 6.42 Å². The molecule has 0 spiro atoms. The second kappa shape index (κ2) is 4.14. The van der Waals surface area contributed by atoms with E-state index in [1.807, 2.05) is 0 Å². The zero-order valence-electron chi connectivity index (χ0n) is 6.32.